The van der Waals surface area contributed by atoms with Crippen molar-refractivity contribution in [3.05, 3.63) is 52.6 Å². The summed E-state index contributed by atoms with van der Waals surface area (Å²) in [5.41, 5.74) is 5.70. The molecule has 0 aromatic heterocycles. The molecule has 6 heteroatoms. The van der Waals surface area contributed by atoms with Crippen molar-refractivity contribution >= 4 is 11.6 Å². The third-order valence-corrected chi connectivity index (χ3v) is 6.02. The molecule has 1 fully saturated rings. The minimum Gasteiger partial charge on any atom is -0.493 e. The molecule has 1 amide bonds. The van der Waals surface area contributed by atoms with Gasteiger partial charge in [-0.1, -0.05) is 12.1 Å². The summed E-state index contributed by atoms with van der Waals surface area (Å²) < 4.78 is 10.9. The Kier molecular flexibility index (Phi) is 7.34. The molecule has 3 N–H and O–H groups in total. The number of carbonyl (C=O) groups is 1. The van der Waals surface area contributed by atoms with Gasteiger partial charge in [-0.05, 0) is 55.7 Å². The molecule has 162 valence electrons. The summed E-state index contributed by atoms with van der Waals surface area (Å²) in [4.78, 5) is 15.4. The van der Waals surface area contributed by atoms with E-state index in [-0.39, 0.29) is 5.91 Å². The van der Waals surface area contributed by atoms with Crippen LogP contribution in [0.4, 0.5) is 5.69 Å². The molecule has 30 heavy (non-hydrogen) atoms. The van der Waals surface area contributed by atoms with Crippen LogP contribution in [0.1, 0.15) is 22.3 Å². The molecular weight excluding hydrogens is 378 g/mol. The molecule has 2 aromatic rings. The van der Waals surface area contributed by atoms with Crippen LogP contribution in [0.5, 0.6) is 11.5 Å². The van der Waals surface area contributed by atoms with Crippen LogP contribution in [0.15, 0.2) is 30.3 Å². The van der Waals surface area contributed by atoms with E-state index >= 15 is 0 Å². The van der Waals surface area contributed by atoms with Crippen LogP contribution < -0.4 is 24.6 Å². The third-order valence-electron chi connectivity index (χ3n) is 6.02. The molecule has 0 aliphatic carbocycles. The molecular formula is C24H35N3O3+2. The van der Waals surface area contributed by atoms with Crippen molar-refractivity contribution in [3.63, 3.8) is 0 Å². The second-order valence-corrected chi connectivity index (χ2v) is 8.35. The molecule has 1 aliphatic heterocycles. The van der Waals surface area contributed by atoms with Gasteiger partial charge < -0.3 is 24.6 Å². The van der Waals surface area contributed by atoms with Gasteiger partial charge in [-0.3, -0.25) is 4.79 Å². The normalized spacial score (nSPS) is 18.7. The highest BCUT2D eigenvalue weighted by molar-refractivity contribution is 5.92. The van der Waals surface area contributed by atoms with Gasteiger partial charge in [0, 0.05) is 11.3 Å². The van der Waals surface area contributed by atoms with Crippen LogP contribution in [0.25, 0.3) is 0 Å². The first-order chi connectivity index (χ1) is 14.4. The van der Waals surface area contributed by atoms with Crippen LogP contribution in [-0.4, -0.2) is 52.9 Å². The minimum atomic E-state index is 0.0953. The number of methoxy groups -OCH3 is 2. The quantitative estimate of drug-likeness (QED) is 0.622. The van der Waals surface area contributed by atoms with Crippen LogP contribution in [0.3, 0.4) is 0 Å². The summed E-state index contributed by atoms with van der Waals surface area (Å²) in [7, 11) is 3.34. The number of piperazine rings is 1. The Hall–Kier alpha value is -2.57. The molecule has 0 spiro atoms. The lowest BCUT2D eigenvalue weighted by Gasteiger charge is -2.30. The maximum absolute atomic E-state index is 12.5. The fraction of sp³-hybridized carbons (Fsp3) is 0.458. The lowest BCUT2D eigenvalue weighted by atomic mass is 10.1. The Morgan fingerprint density at radius 1 is 0.900 bits per heavy atom. The monoisotopic (exact) mass is 413 g/mol. The van der Waals surface area contributed by atoms with Crippen molar-refractivity contribution in [2.24, 2.45) is 0 Å². The van der Waals surface area contributed by atoms with Gasteiger partial charge in [-0.2, -0.15) is 0 Å². The second kappa shape index (κ2) is 9.96. The van der Waals surface area contributed by atoms with Gasteiger partial charge in [0.2, 0.25) is 0 Å². The molecule has 3 rings (SSSR count). The molecule has 0 bridgehead atoms. The summed E-state index contributed by atoms with van der Waals surface area (Å²) in [5, 5.41) is 3.09. The topological polar surface area (TPSA) is 56.4 Å². The highest BCUT2D eigenvalue weighted by atomic mass is 16.5. The van der Waals surface area contributed by atoms with E-state index < -0.39 is 0 Å². The Balaban J connectivity index is 1.51. The van der Waals surface area contributed by atoms with Gasteiger partial charge in [0.25, 0.3) is 5.91 Å². The molecule has 1 heterocycles. The minimum absolute atomic E-state index is 0.0953. The van der Waals surface area contributed by atoms with E-state index in [1.54, 1.807) is 19.1 Å². The van der Waals surface area contributed by atoms with Crippen molar-refractivity contribution in [1.82, 2.24) is 0 Å². The van der Waals surface area contributed by atoms with E-state index in [1.165, 1.54) is 16.0 Å². The largest absolute Gasteiger partial charge is 0.493 e. The van der Waals surface area contributed by atoms with Gasteiger partial charge in [0.15, 0.2) is 18.0 Å². The zero-order valence-corrected chi connectivity index (χ0v) is 18.9. The molecule has 0 unspecified atom stereocenters. The number of amides is 1. The first-order valence-corrected chi connectivity index (χ1v) is 10.7. The first-order valence-electron chi connectivity index (χ1n) is 10.7. The summed E-state index contributed by atoms with van der Waals surface area (Å²) in [5.74, 6) is 1.65. The smallest absolute Gasteiger partial charge is 0.279 e. The van der Waals surface area contributed by atoms with Crippen molar-refractivity contribution in [2.45, 2.75) is 27.3 Å². The number of benzene rings is 2. The SMILES string of the molecule is COc1cc(C)c(C[NH+]2CC[NH+](CC(=O)Nc3cc(C)ccc3C)CC2)cc1OC. The number of hydrogen-bond acceptors (Lipinski definition) is 3. The van der Waals surface area contributed by atoms with E-state index in [9.17, 15) is 4.79 Å². The lowest BCUT2D eigenvalue weighted by molar-refractivity contribution is -1.02. The second-order valence-electron chi connectivity index (χ2n) is 8.35. The predicted octanol–water partition coefficient (Wildman–Crippen LogP) is 0.551. The van der Waals surface area contributed by atoms with Crippen LogP contribution in [0, 0.1) is 20.8 Å². The third kappa shape index (κ3) is 5.52. The van der Waals surface area contributed by atoms with Gasteiger partial charge >= 0.3 is 0 Å². The van der Waals surface area contributed by atoms with Crippen LogP contribution in [-0.2, 0) is 11.3 Å². The fourth-order valence-corrected chi connectivity index (χ4v) is 4.09. The first kappa shape index (κ1) is 22.1. The number of aryl methyl sites for hydroxylation is 3. The maximum Gasteiger partial charge on any atom is 0.279 e. The Labute approximate surface area is 179 Å². The summed E-state index contributed by atoms with van der Waals surface area (Å²) in [6, 6.07) is 10.3. The molecule has 0 saturated carbocycles. The fourth-order valence-electron chi connectivity index (χ4n) is 4.09. The Morgan fingerprint density at radius 3 is 2.20 bits per heavy atom. The molecule has 0 atom stereocenters. The van der Waals surface area contributed by atoms with Gasteiger partial charge in [0.05, 0.1) is 14.2 Å². The van der Waals surface area contributed by atoms with Crippen molar-refractivity contribution in [1.29, 1.82) is 0 Å². The summed E-state index contributed by atoms with van der Waals surface area (Å²) >= 11 is 0. The van der Waals surface area contributed by atoms with E-state index in [0.717, 1.165) is 61.0 Å². The van der Waals surface area contributed by atoms with Gasteiger partial charge in [0.1, 0.15) is 32.7 Å². The zero-order chi connectivity index (χ0) is 21.7. The standard InChI is InChI=1S/C24H33N3O3/c1-17-6-7-18(2)21(12-17)25-24(28)16-27-10-8-26(9-11-27)15-20-14-23(30-5)22(29-4)13-19(20)3/h6-7,12-14H,8-11,15-16H2,1-5H3,(H,25,28)/p+2. The van der Waals surface area contributed by atoms with Crippen LogP contribution >= 0.6 is 0 Å². The number of hydrogen-bond donors (Lipinski definition) is 3. The van der Waals surface area contributed by atoms with Crippen molar-refractivity contribution in [2.75, 3.05) is 52.3 Å². The van der Waals surface area contributed by atoms with E-state index in [2.05, 4.69) is 30.4 Å². The van der Waals surface area contributed by atoms with E-state index in [4.69, 9.17) is 9.47 Å². The van der Waals surface area contributed by atoms with Crippen LogP contribution in [0.2, 0.25) is 0 Å². The maximum atomic E-state index is 12.5. The number of anilines is 1. The number of rotatable bonds is 7. The average molecular weight is 414 g/mol. The lowest BCUT2D eigenvalue weighted by Crippen LogP contribution is -3.28. The van der Waals surface area contributed by atoms with E-state index in [1.807, 2.05) is 26.0 Å². The predicted molar refractivity (Wildman–Crippen MR) is 119 cm³/mol. The Morgan fingerprint density at radius 2 is 1.53 bits per heavy atom. The van der Waals surface area contributed by atoms with Gasteiger partial charge in [-0.25, -0.2) is 0 Å². The zero-order valence-electron chi connectivity index (χ0n) is 18.9. The number of ether oxygens (including phenoxy) is 2. The van der Waals surface area contributed by atoms with Crippen molar-refractivity contribution in [3.8, 4) is 11.5 Å². The summed E-state index contributed by atoms with van der Waals surface area (Å²) in [6.07, 6.45) is 0. The summed E-state index contributed by atoms with van der Waals surface area (Å²) in [6.45, 7) is 11.8. The molecule has 6 nitrogen and oxygen atoms in total. The number of quaternary nitrogens is 2. The highest BCUT2D eigenvalue weighted by Crippen LogP contribution is 2.29. The highest BCUT2D eigenvalue weighted by Gasteiger charge is 2.26. The Bertz CT molecular complexity index is 890. The number of nitrogens with one attached hydrogen (secondary N) is 3. The molecule has 1 aliphatic rings. The molecule has 1 saturated heterocycles. The molecule has 2 aromatic carbocycles. The van der Waals surface area contributed by atoms with Crippen molar-refractivity contribution < 1.29 is 24.1 Å². The average Bonchev–Trinajstić information content (AvgIpc) is 2.73. The number of carbonyl (C=O) groups excluding carboxylic acids is 1. The van der Waals surface area contributed by atoms with Gasteiger partial charge in [-0.15, -0.1) is 0 Å². The molecule has 0 radical (unpaired) electrons. The van der Waals surface area contributed by atoms with E-state index in [0.29, 0.717) is 6.54 Å².